The molecule has 0 spiro atoms. The summed E-state index contributed by atoms with van der Waals surface area (Å²) < 4.78 is 0. The minimum Gasteiger partial charge on any atom is -0.296 e. The summed E-state index contributed by atoms with van der Waals surface area (Å²) in [5.74, 6) is 3.23. The van der Waals surface area contributed by atoms with Crippen molar-refractivity contribution in [3.05, 3.63) is 71.4 Å². The van der Waals surface area contributed by atoms with E-state index in [2.05, 4.69) is 129 Å². The van der Waals surface area contributed by atoms with E-state index in [1.54, 1.807) is 0 Å². The van der Waals surface area contributed by atoms with Gasteiger partial charge in [-0.1, -0.05) is 133 Å². The summed E-state index contributed by atoms with van der Waals surface area (Å²) in [6.07, 6.45) is 39.9. The Bertz CT molecular complexity index is 1160. The van der Waals surface area contributed by atoms with Gasteiger partial charge in [0.15, 0.2) is 0 Å². The summed E-state index contributed by atoms with van der Waals surface area (Å²) in [7, 11) is 2.29. The molecule has 1 fully saturated rings. The Morgan fingerprint density at radius 2 is 1.72 bits per heavy atom. The van der Waals surface area contributed by atoms with Gasteiger partial charge in [-0.15, -0.1) is 0 Å². The summed E-state index contributed by atoms with van der Waals surface area (Å²) in [4.78, 5) is 7.79. The third-order valence-electron chi connectivity index (χ3n) is 12.7. The third-order valence-corrected chi connectivity index (χ3v) is 12.7. The quantitative estimate of drug-likeness (QED) is 0.0986. The zero-order valence-electron chi connectivity index (χ0n) is 32.6. The fraction of sp³-hybridized carbons (Fsp3) is 0.711. The van der Waals surface area contributed by atoms with Crippen molar-refractivity contribution in [3.63, 3.8) is 0 Å². The summed E-state index contributed by atoms with van der Waals surface area (Å²) in [5, 5.41) is 0. The van der Waals surface area contributed by atoms with Gasteiger partial charge in [0.2, 0.25) is 0 Å². The predicted molar refractivity (Wildman–Crippen MR) is 210 cm³/mol. The average molecular weight is 643 g/mol. The van der Waals surface area contributed by atoms with Crippen molar-refractivity contribution >= 4 is 5.71 Å². The van der Waals surface area contributed by atoms with Gasteiger partial charge in [0.05, 0.1) is 0 Å². The molecule has 3 aliphatic rings. The van der Waals surface area contributed by atoms with Gasteiger partial charge < -0.3 is 0 Å². The Hall–Kier alpha value is -1.93. The van der Waals surface area contributed by atoms with Crippen LogP contribution in [0.5, 0.6) is 0 Å². The lowest BCUT2D eigenvalue weighted by Crippen LogP contribution is -2.53. The molecular formula is C45H74N2. The van der Waals surface area contributed by atoms with E-state index in [0.29, 0.717) is 12.0 Å². The van der Waals surface area contributed by atoms with Gasteiger partial charge >= 0.3 is 0 Å². The first-order chi connectivity index (χ1) is 22.4. The molecule has 0 amide bonds. The zero-order chi connectivity index (χ0) is 34.5. The molecule has 2 nitrogen and oxygen atoms in total. The Labute approximate surface area is 292 Å². The molecule has 0 aromatic rings. The zero-order valence-corrected chi connectivity index (χ0v) is 32.6. The van der Waals surface area contributed by atoms with Gasteiger partial charge in [-0.25, -0.2) is 0 Å². The average Bonchev–Trinajstić information content (AvgIpc) is 3.21. The van der Waals surface area contributed by atoms with Crippen molar-refractivity contribution in [1.82, 2.24) is 4.90 Å². The van der Waals surface area contributed by atoms with E-state index in [0.717, 1.165) is 30.7 Å². The lowest BCUT2D eigenvalue weighted by molar-refractivity contribution is 0.0656. The maximum atomic E-state index is 5.24. The molecule has 47 heavy (non-hydrogen) atoms. The second-order valence-electron chi connectivity index (χ2n) is 16.6. The highest BCUT2D eigenvalue weighted by molar-refractivity contribution is 5.83. The molecular weight excluding hydrogens is 569 g/mol. The van der Waals surface area contributed by atoms with Gasteiger partial charge in [-0.2, -0.15) is 0 Å². The van der Waals surface area contributed by atoms with Crippen LogP contribution in [0.25, 0.3) is 0 Å². The lowest BCUT2D eigenvalue weighted by Gasteiger charge is -2.49. The normalized spacial score (nSPS) is 27.1. The van der Waals surface area contributed by atoms with Gasteiger partial charge in [-0.3, -0.25) is 9.89 Å². The first-order valence-corrected chi connectivity index (χ1v) is 19.7. The van der Waals surface area contributed by atoms with Crippen molar-refractivity contribution in [2.75, 3.05) is 13.6 Å². The molecule has 1 saturated carbocycles. The molecule has 3 atom stereocenters. The van der Waals surface area contributed by atoms with Crippen LogP contribution in [-0.4, -0.2) is 35.8 Å². The van der Waals surface area contributed by atoms with Crippen LogP contribution in [0.15, 0.2) is 76.4 Å². The second-order valence-corrected chi connectivity index (χ2v) is 16.6. The van der Waals surface area contributed by atoms with Crippen LogP contribution in [0.3, 0.4) is 0 Å². The minimum absolute atomic E-state index is 0.0108. The molecule has 0 heterocycles. The molecule has 0 bridgehead atoms. The number of allylic oxidation sites excluding steroid dienone is 9. The van der Waals surface area contributed by atoms with Gasteiger partial charge in [-0.05, 0) is 115 Å². The molecule has 3 aliphatic carbocycles. The van der Waals surface area contributed by atoms with Gasteiger partial charge in [0, 0.05) is 35.7 Å². The van der Waals surface area contributed by atoms with E-state index >= 15 is 0 Å². The molecule has 0 N–H and O–H groups in total. The summed E-state index contributed by atoms with van der Waals surface area (Å²) in [6, 6.07) is 0.524. The Morgan fingerprint density at radius 3 is 2.38 bits per heavy atom. The van der Waals surface area contributed by atoms with Crippen molar-refractivity contribution in [2.24, 2.45) is 34.1 Å². The van der Waals surface area contributed by atoms with Crippen molar-refractivity contribution in [3.8, 4) is 0 Å². The highest BCUT2D eigenvalue weighted by atomic mass is 15.2. The molecule has 2 heteroatoms. The first-order valence-electron chi connectivity index (χ1n) is 19.7. The predicted octanol–water partition coefficient (Wildman–Crippen LogP) is 13.0. The molecule has 264 valence electrons. The number of likely N-dealkylation sites (N-methyl/N-ethyl adjacent to an activating group) is 1. The second kappa shape index (κ2) is 19.3. The smallest absolute Gasteiger partial charge is 0.0499 e. The van der Waals surface area contributed by atoms with E-state index in [-0.39, 0.29) is 11.0 Å². The lowest BCUT2D eigenvalue weighted by atomic mass is 9.67. The number of rotatable bonds is 15. The molecule has 0 radical (unpaired) electrons. The molecule has 0 aromatic heterocycles. The summed E-state index contributed by atoms with van der Waals surface area (Å²) in [5.41, 5.74) is 5.54. The fourth-order valence-corrected chi connectivity index (χ4v) is 8.20. The van der Waals surface area contributed by atoms with Gasteiger partial charge in [0.1, 0.15) is 0 Å². The topological polar surface area (TPSA) is 15.6 Å². The Kier molecular flexibility index (Phi) is 16.2. The maximum Gasteiger partial charge on any atom is 0.0499 e. The van der Waals surface area contributed by atoms with E-state index < -0.39 is 0 Å². The molecule has 3 rings (SSSR count). The van der Waals surface area contributed by atoms with Crippen LogP contribution >= 0.6 is 0 Å². The monoisotopic (exact) mass is 643 g/mol. The van der Waals surface area contributed by atoms with Crippen LogP contribution in [0, 0.1) is 29.1 Å². The third kappa shape index (κ3) is 11.9. The van der Waals surface area contributed by atoms with Crippen molar-refractivity contribution in [1.29, 1.82) is 0 Å². The molecule has 0 aromatic carbocycles. The fourth-order valence-electron chi connectivity index (χ4n) is 8.20. The van der Waals surface area contributed by atoms with E-state index in [4.69, 9.17) is 4.99 Å². The highest BCUT2D eigenvalue weighted by Gasteiger charge is 2.42. The maximum absolute atomic E-state index is 5.24. The van der Waals surface area contributed by atoms with E-state index in [1.165, 1.54) is 106 Å². The highest BCUT2D eigenvalue weighted by Crippen LogP contribution is 2.44. The standard InChI is InChI=1S/C45H74N2/c1-11-20-40-29-19-30-42(33-36(40)4)44(6,7)45(8,9)47(10)34-38(12-2)23-15-22-37(5)46-43-31-17-25-39(26-18-32-43)24-16-28-41-27-14-13-21-35(41)3/h12,14-15,19,23,27,29-30,33,35,39-41,43H,11,13,16-18,20-22,24-26,28,31-32,34H2,1-10H3/b23-15-,38-12?,46-37?. The van der Waals surface area contributed by atoms with E-state index in [1.807, 2.05) is 0 Å². The van der Waals surface area contributed by atoms with Crippen LogP contribution in [0.4, 0.5) is 0 Å². The summed E-state index contributed by atoms with van der Waals surface area (Å²) in [6.45, 7) is 22.1. The van der Waals surface area contributed by atoms with Crippen LogP contribution in [-0.2, 0) is 0 Å². The van der Waals surface area contributed by atoms with Crippen LogP contribution < -0.4 is 0 Å². The molecule has 0 aliphatic heterocycles. The Morgan fingerprint density at radius 1 is 1.00 bits per heavy atom. The molecule has 0 saturated heterocycles. The summed E-state index contributed by atoms with van der Waals surface area (Å²) >= 11 is 0. The van der Waals surface area contributed by atoms with Crippen molar-refractivity contribution < 1.29 is 0 Å². The first kappa shape index (κ1) is 39.5. The van der Waals surface area contributed by atoms with Gasteiger partial charge in [0.25, 0.3) is 0 Å². The number of aliphatic imine (C=N–C) groups is 1. The molecule has 3 unspecified atom stereocenters. The SMILES string of the molecule is CC=C(/C=C\CC(C)=NC1CCCC(CCCC2C=CCCC2C)CCC1)CN(C)C(C)(C)C(C)(C)C1=CC=CC(CCC)C(C)=C1. The Balaban J connectivity index is 1.47. The largest absolute Gasteiger partial charge is 0.296 e. The number of nitrogens with zero attached hydrogens (tertiary/aromatic N) is 2. The minimum atomic E-state index is -0.0317. The number of hydrogen-bond acceptors (Lipinski definition) is 2. The van der Waals surface area contributed by atoms with Crippen LogP contribution in [0.1, 0.15) is 152 Å². The van der Waals surface area contributed by atoms with Crippen LogP contribution in [0.2, 0.25) is 0 Å². The van der Waals surface area contributed by atoms with Crippen molar-refractivity contribution in [2.45, 2.75) is 164 Å². The van der Waals surface area contributed by atoms with E-state index in [9.17, 15) is 0 Å². The number of hydrogen-bond donors (Lipinski definition) is 0.